The number of benzene rings is 1. The number of carboxylic acid groups (broad SMARTS) is 1. The number of carbonyl (C=O) groups excluding carboxylic acids is 1. The molecule has 126 valence electrons. The van der Waals surface area contributed by atoms with E-state index in [2.05, 4.69) is 26.1 Å². The summed E-state index contributed by atoms with van der Waals surface area (Å²) in [5, 5.41) is 11.9. The van der Waals surface area contributed by atoms with Gasteiger partial charge < -0.3 is 15.2 Å². The maximum atomic E-state index is 12.3. The van der Waals surface area contributed by atoms with Gasteiger partial charge in [-0.1, -0.05) is 26.8 Å². The zero-order valence-corrected chi connectivity index (χ0v) is 14.0. The van der Waals surface area contributed by atoms with E-state index >= 15 is 0 Å². The van der Waals surface area contributed by atoms with Crippen LogP contribution in [0.4, 0.5) is 0 Å². The number of aromatic carboxylic acids is 1. The van der Waals surface area contributed by atoms with Crippen LogP contribution in [0, 0.1) is 11.3 Å². The first-order valence-corrected chi connectivity index (χ1v) is 8.02. The van der Waals surface area contributed by atoms with Gasteiger partial charge in [0.15, 0.2) is 0 Å². The minimum Gasteiger partial charge on any atom is -0.478 e. The van der Waals surface area contributed by atoms with E-state index in [1.54, 1.807) is 12.1 Å². The van der Waals surface area contributed by atoms with Crippen LogP contribution in [0.1, 0.15) is 54.3 Å². The molecule has 1 heterocycles. The van der Waals surface area contributed by atoms with Crippen LogP contribution in [-0.2, 0) is 4.74 Å². The van der Waals surface area contributed by atoms with Crippen molar-refractivity contribution in [1.29, 1.82) is 0 Å². The van der Waals surface area contributed by atoms with Crippen LogP contribution >= 0.6 is 0 Å². The third-order valence-corrected chi connectivity index (χ3v) is 4.19. The van der Waals surface area contributed by atoms with Crippen molar-refractivity contribution in [2.45, 2.75) is 39.7 Å². The Morgan fingerprint density at radius 2 is 2.00 bits per heavy atom. The number of carbonyl (C=O) groups is 2. The van der Waals surface area contributed by atoms with Gasteiger partial charge in [0.25, 0.3) is 5.91 Å². The molecule has 1 aromatic carbocycles. The van der Waals surface area contributed by atoms with Crippen LogP contribution in [0.25, 0.3) is 0 Å². The first kappa shape index (κ1) is 17.5. The first-order valence-electron chi connectivity index (χ1n) is 8.02. The first-order chi connectivity index (χ1) is 10.8. The van der Waals surface area contributed by atoms with Gasteiger partial charge in [0.1, 0.15) is 0 Å². The highest BCUT2D eigenvalue weighted by Gasteiger charge is 2.35. The Morgan fingerprint density at radius 3 is 2.65 bits per heavy atom. The predicted octanol–water partition coefficient (Wildman–Crippen LogP) is 2.96. The number of rotatable bonds is 4. The SMILES string of the molecule is CC(C)(C)C1OCCCC1CNC(=O)c1cccc(C(=O)O)c1. The second-order valence-corrected chi connectivity index (χ2v) is 7.16. The molecule has 1 fully saturated rings. The molecule has 1 saturated heterocycles. The average Bonchev–Trinajstić information content (AvgIpc) is 2.52. The fraction of sp³-hybridized carbons (Fsp3) is 0.556. The molecule has 1 aliphatic heterocycles. The molecule has 5 nitrogen and oxygen atoms in total. The summed E-state index contributed by atoms with van der Waals surface area (Å²) in [6.07, 6.45) is 2.14. The molecule has 5 heteroatoms. The van der Waals surface area contributed by atoms with Gasteiger partial charge in [-0.25, -0.2) is 4.79 Å². The third-order valence-electron chi connectivity index (χ3n) is 4.19. The molecule has 2 unspecified atom stereocenters. The van der Waals surface area contributed by atoms with Crippen molar-refractivity contribution in [2.75, 3.05) is 13.2 Å². The van der Waals surface area contributed by atoms with Crippen LogP contribution in [0.15, 0.2) is 24.3 Å². The summed E-state index contributed by atoms with van der Waals surface area (Å²) in [5.74, 6) is -1.00. The number of amides is 1. The number of carboxylic acids is 1. The fourth-order valence-corrected chi connectivity index (χ4v) is 3.13. The fourth-order valence-electron chi connectivity index (χ4n) is 3.13. The topological polar surface area (TPSA) is 75.6 Å². The van der Waals surface area contributed by atoms with Gasteiger partial charge >= 0.3 is 5.97 Å². The molecule has 2 N–H and O–H groups in total. The molecule has 0 bridgehead atoms. The quantitative estimate of drug-likeness (QED) is 0.894. The molecular formula is C18H25NO4. The van der Waals surface area contributed by atoms with Crippen LogP contribution in [0.2, 0.25) is 0 Å². The van der Waals surface area contributed by atoms with Crippen LogP contribution in [0.3, 0.4) is 0 Å². The Labute approximate surface area is 137 Å². The minimum atomic E-state index is -1.03. The molecule has 0 aromatic heterocycles. The Balaban J connectivity index is 2.00. The zero-order chi connectivity index (χ0) is 17.0. The van der Waals surface area contributed by atoms with Gasteiger partial charge in [-0.05, 0) is 36.5 Å². The van der Waals surface area contributed by atoms with Gasteiger partial charge in [-0.15, -0.1) is 0 Å². The summed E-state index contributed by atoms with van der Waals surface area (Å²) in [6.45, 7) is 7.75. The highest BCUT2D eigenvalue weighted by atomic mass is 16.5. The van der Waals surface area contributed by atoms with E-state index in [1.807, 2.05) is 0 Å². The van der Waals surface area contributed by atoms with Gasteiger partial charge in [0.2, 0.25) is 0 Å². The van der Waals surface area contributed by atoms with E-state index < -0.39 is 5.97 Å². The molecule has 23 heavy (non-hydrogen) atoms. The normalized spacial score (nSPS) is 21.7. The zero-order valence-electron chi connectivity index (χ0n) is 14.0. The third kappa shape index (κ3) is 4.55. The lowest BCUT2D eigenvalue weighted by Gasteiger charge is -2.40. The van der Waals surface area contributed by atoms with Crippen molar-refractivity contribution in [3.05, 3.63) is 35.4 Å². The van der Waals surface area contributed by atoms with Gasteiger partial charge in [-0.3, -0.25) is 4.79 Å². The van der Waals surface area contributed by atoms with E-state index in [-0.39, 0.29) is 28.9 Å². The summed E-state index contributed by atoms with van der Waals surface area (Å²) in [7, 11) is 0. The van der Waals surface area contributed by atoms with Crippen LogP contribution in [0.5, 0.6) is 0 Å². The van der Waals surface area contributed by atoms with Crippen molar-refractivity contribution in [2.24, 2.45) is 11.3 Å². The summed E-state index contributed by atoms with van der Waals surface area (Å²) in [4.78, 5) is 23.3. The minimum absolute atomic E-state index is 0.0268. The van der Waals surface area contributed by atoms with E-state index in [9.17, 15) is 9.59 Å². The van der Waals surface area contributed by atoms with Crippen molar-refractivity contribution in [1.82, 2.24) is 5.32 Å². The van der Waals surface area contributed by atoms with E-state index in [1.165, 1.54) is 12.1 Å². The van der Waals surface area contributed by atoms with E-state index in [0.29, 0.717) is 12.1 Å². The van der Waals surface area contributed by atoms with E-state index in [0.717, 1.165) is 19.4 Å². The maximum Gasteiger partial charge on any atom is 0.335 e. The second-order valence-electron chi connectivity index (χ2n) is 7.16. The molecule has 0 aliphatic carbocycles. The Kier molecular flexibility index (Phi) is 5.42. The molecule has 1 aromatic rings. The molecule has 2 rings (SSSR count). The molecule has 0 saturated carbocycles. The Bertz CT molecular complexity index is 577. The predicted molar refractivity (Wildman–Crippen MR) is 87.7 cm³/mol. The molecule has 0 radical (unpaired) electrons. The molecular weight excluding hydrogens is 294 g/mol. The Hall–Kier alpha value is -1.88. The highest BCUT2D eigenvalue weighted by molar-refractivity contribution is 5.97. The highest BCUT2D eigenvalue weighted by Crippen LogP contribution is 2.33. The van der Waals surface area contributed by atoms with Crippen molar-refractivity contribution in [3.8, 4) is 0 Å². The van der Waals surface area contributed by atoms with Crippen LogP contribution in [-0.4, -0.2) is 36.2 Å². The van der Waals surface area contributed by atoms with Crippen molar-refractivity contribution >= 4 is 11.9 Å². The Morgan fingerprint density at radius 1 is 1.30 bits per heavy atom. The monoisotopic (exact) mass is 319 g/mol. The standard InChI is InChI=1S/C18H25NO4/c1-18(2,3)15-14(8-5-9-23-15)11-19-16(20)12-6-4-7-13(10-12)17(21)22/h4,6-7,10,14-15H,5,8-9,11H2,1-3H3,(H,19,20)(H,21,22). The lowest BCUT2D eigenvalue weighted by molar-refractivity contribution is -0.0839. The lowest BCUT2D eigenvalue weighted by atomic mass is 9.78. The molecule has 2 atom stereocenters. The van der Waals surface area contributed by atoms with Gasteiger partial charge in [0, 0.05) is 24.6 Å². The number of ether oxygens (including phenoxy) is 1. The molecule has 1 aliphatic rings. The molecule has 1 amide bonds. The largest absolute Gasteiger partial charge is 0.478 e. The number of hydrogen-bond acceptors (Lipinski definition) is 3. The van der Waals surface area contributed by atoms with Crippen molar-refractivity contribution < 1.29 is 19.4 Å². The number of hydrogen-bond donors (Lipinski definition) is 2. The number of nitrogens with one attached hydrogen (secondary N) is 1. The summed E-state index contributed by atoms with van der Waals surface area (Å²) < 4.78 is 5.91. The smallest absolute Gasteiger partial charge is 0.335 e. The van der Waals surface area contributed by atoms with Gasteiger partial charge in [0.05, 0.1) is 11.7 Å². The summed E-state index contributed by atoms with van der Waals surface area (Å²) >= 11 is 0. The van der Waals surface area contributed by atoms with Gasteiger partial charge in [-0.2, -0.15) is 0 Å². The average molecular weight is 319 g/mol. The van der Waals surface area contributed by atoms with Crippen LogP contribution < -0.4 is 5.32 Å². The summed E-state index contributed by atoms with van der Waals surface area (Å²) in [6, 6.07) is 6.08. The lowest BCUT2D eigenvalue weighted by Crippen LogP contribution is -2.45. The maximum absolute atomic E-state index is 12.3. The van der Waals surface area contributed by atoms with Crippen molar-refractivity contribution in [3.63, 3.8) is 0 Å². The molecule has 0 spiro atoms. The van der Waals surface area contributed by atoms with E-state index in [4.69, 9.17) is 9.84 Å². The second kappa shape index (κ2) is 7.13. The summed E-state index contributed by atoms with van der Waals surface area (Å²) in [5.41, 5.74) is 0.513.